The van der Waals surface area contributed by atoms with E-state index in [0.29, 0.717) is 12.6 Å². The molecular formula is C11H20N4O. The zero-order valence-electron chi connectivity index (χ0n) is 9.85. The number of nitrogens with zero attached hydrogens (tertiary/aromatic N) is 3. The van der Waals surface area contributed by atoms with Gasteiger partial charge >= 0.3 is 0 Å². The van der Waals surface area contributed by atoms with Crippen molar-refractivity contribution in [2.24, 2.45) is 5.73 Å². The van der Waals surface area contributed by atoms with E-state index < -0.39 is 0 Å². The average molecular weight is 224 g/mol. The van der Waals surface area contributed by atoms with Gasteiger partial charge in [-0.2, -0.15) is 0 Å². The highest BCUT2D eigenvalue weighted by molar-refractivity contribution is 4.92. The minimum Gasteiger partial charge on any atom is -0.424 e. The van der Waals surface area contributed by atoms with Crippen molar-refractivity contribution in [1.29, 1.82) is 0 Å². The highest BCUT2D eigenvalue weighted by Gasteiger charge is 2.25. The number of hydrogen-bond donors (Lipinski definition) is 1. The molecule has 1 saturated heterocycles. The van der Waals surface area contributed by atoms with Crippen LogP contribution in [0.2, 0.25) is 0 Å². The molecule has 1 aromatic rings. The molecule has 1 aromatic heterocycles. The Balaban J connectivity index is 1.99. The van der Waals surface area contributed by atoms with Crippen molar-refractivity contribution in [3.63, 3.8) is 0 Å². The van der Waals surface area contributed by atoms with Crippen molar-refractivity contribution in [2.75, 3.05) is 20.1 Å². The van der Waals surface area contributed by atoms with Crippen molar-refractivity contribution in [1.82, 2.24) is 15.1 Å². The maximum absolute atomic E-state index is 5.68. The Morgan fingerprint density at radius 2 is 2.31 bits per heavy atom. The molecule has 5 nitrogen and oxygen atoms in total. The first kappa shape index (κ1) is 11.5. The minimum atomic E-state index is 0.313. The molecule has 0 amide bonds. The normalized spacial score (nSPS) is 22.5. The van der Waals surface area contributed by atoms with Crippen LogP contribution in [0.4, 0.5) is 0 Å². The summed E-state index contributed by atoms with van der Waals surface area (Å²) in [6, 6.07) is 0.313. The summed E-state index contributed by atoms with van der Waals surface area (Å²) in [5.41, 5.74) is 5.45. The Bertz CT molecular complexity index is 326. The van der Waals surface area contributed by atoms with E-state index in [0.717, 1.165) is 37.6 Å². The van der Waals surface area contributed by atoms with E-state index in [1.165, 1.54) is 12.8 Å². The quantitative estimate of drug-likeness (QED) is 0.830. The molecule has 16 heavy (non-hydrogen) atoms. The number of piperidine rings is 1. The van der Waals surface area contributed by atoms with Gasteiger partial charge in [-0.25, -0.2) is 0 Å². The molecule has 1 aliphatic heterocycles. The standard InChI is InChI=1S/C11H20N4O/c1-15-8-3-2-5-9(15)11-14-13-10(16-11)6-4-7-12/h9H,2-8,12H2,1H3/t9-/m0/s1. The monoisotopic (exact) mass is 224 g/mol. The summed E-state index contributed by atoms with van der Waals surface area (Å²) in [4.78, 5) is 2.30. The van der Waals surface area contributed by atoms with Gasteiger partial charge in [-0.05, 0) is 39.4 Å². The number of aryl methyl sites for hydroxylation is 1. The van der Waals surface area contributed by atoms with E-state index in [1.54, 1.807) is 0 Å². The zero-order valence-corrected chi connectivity index (χ0v) is 9.85. The second-order valence-electron chi connectivity index (χ2n) is 4.42. The summed E-state index contributed by atoms with van der Waals surface area (Å²) < 4.78 is 5.68. The van der Waals surface area contributed by atoms with Gasteiger partial charge in [0.25, 0.3) is 0 Å². The Morgan fingerprint density at radius 1 is 1.44 bits per heavy atom. The molecule has 5 heteroatoms. The fourth-order valence-corrected chi connectivity index (χ4v) is 2.14. The number of nitrogens with two attached hydrogens (primary N) is 1. The first-order chi connectivity index (χ1) is 7.81. The molecule has 2 rings (SSSR count). The third kappa shape index (κ3) is 2.59. The van der Waals surface area contributed by atoms with Crippen molar-refractivity contribution in [3.05, 3.63) is 11.8 Å². The number of hydrogen-bond acceptors (Lipinski definition) is 5. The minimum absolute atomic E-state index is 0.313. The Hall–Kier alpha value is -0.940. The summed E-state index contributed by atoms with van der Waals surface area (Å²) in [5.74, 6) is 1.49. The molecule has 1 atom stereocenters. The van der Waals surface area contributed by atoms with Crippen LogP contribution in [0.25, 0.3) is 0 Å². The van der Waals surface area contributed by atoms with Gasteiger partial charge < -0.3 is 10.2 Å². The van der Waals surface area contributed by atoms with E-state index in [4.69, 9.17) is 10.2 Å². The molecule has 1 aliphatic rings. The second-order valence-corrected chi connectivity index (χ2v) is 4.42. The zero-order chi connectivity index (χ0) is 11.4. The average Bonchev–Trinajstić information content (AvgIpc) is 2.75. The molecular weight excluding hydrogens is 204 g/mol. The number of aromatic nitrogens is 2. The summed E-state index contributed by atoms with van der Waals surface area (Å²) in [6.45, 7) is 1.78. The Morgan fingerprint density at radius 3 is 3.06 bits per heavy atom. The van der Waals surface area contributed by atoms with Crippen molar-refractivity contribution >= 4 is 0 Å². The van der Waals surface area contributed by atoms with Crippen LogP contribution < -0.4 is 5.73 Å². The van der Waals surface area contributed by atoms with Gasteiger partial charge in [0.15, 0.2) is 0 Å². The lowest BCUT2D eigenvalue weighted by atomic mass is 10.0. The molecule has 1 fully saturated rings. The van der Waals surface area contributed by atoms with Gasteiger partial charge in [0, 0.05) is 6.42 Å². The van der Waals surface area contributed by atoms with Crippen LogP contribution in [0.5, 0.6) is 0 Å². The van der Waals surface area contributed by atoms with E-state index in [2.05, 4.69) is 22.1 Å². The van der Waals surface area contributed by atoms with E-state index in [9.17, 15) is 0 Å². The van der Waals surface area contributed by atoms with Crippen LogP contribution in [0, 0.1) is 0 Å². The molecule has 0 spiro atoms. The SMILES string of the molecule is CN1CCCC[C@H]1c1nnc(CCCN)o1. The molecule has 90 valence electrons. The van der Waals surface area contributed by atoms with Gasteiger partial charge in [-0.15, -0.1) is 10.2 Å². The number of rotatable bonds is 4. The van der Waals surface area contributed by atoms with Crippen molar-refractivity contribution < 1.29 is 4.42 Å². The molecule has 0 aliphatic carbocycles. The third-order valence-electron chi connectivity index (χ3n) is 3.13. The van der Waals surface area contributed by atoms with Gasteiger partial charge in [0.2, 0.25) is 11.8 Å². The van der Waals surface area contributed by atoms with Gasteiger partial charge in [-0.1, -0.05) is 6.42 Å². The fraction of sp³-hybridized carbons (Fsp3) is 0.818. The van der Waals surface area contributed by atoms with Crippen LogP contribution in [-0.4, -0.2) is 35.2 Å². The Labute approximate surface area is 96.0 Å². The molecule has 2 heterocycles. The maximum atomic E-state index is 5.68. The van der Waals surface area contributed by atoms with Crippen molar-refractivity contribution in [3.8, 4) is 0 Å². The highest BCUT2D eigenvalue weighted by atomic mass is 16.4. The first-order valence-electron chi connectivity index (χ1n) is 6.04. The van der Waals surface area contributed by atoms with Crippen LogP contribution in [-0.2, 0) is 6.42 Å². The second kappa shape index (κ2) is 5.41. The first-order valence-corrected chi connectivity index (χ1v) is 6.04. The van der Waals surface area contributed by atoms with Crippen LogP contribution >= 0.6 is 0 Å². The van der Waals surface area contributed by atoms with Crippen LogP contribution in [0.1, 0.15) is 43.5 Å². The molecule has 2 N–H and O–H groups in total. The third-order valence-corrected chi connectivity index (χ3v) is 3.13. The lowest BCUT2D eigenvalue weighted by Gasteiger charge is -2.29. The molecule has 0 radical (unpaired) electrons. The summed E-state index contributed by atoms with van der Waals surface area (Å²) in [6.07, 6.45) is 5.33. The predicted molar refractivity (Wildman–Crippen MR) is 60.9 cm³/mol. The van der Waals surface area contributed by atoms with E-state index >= 15 is 0 Å². The van der Waals surface area contributed by atoms with Gasteiger partial charge in [0.05, 0.1) is 6.04 Å². The molecule has 0 aromatic carbocycles. The molecule has 0 bridgehead atoms. The smallest absolute Gasteiger partial charge is 0.233 e. The lowest BCUT2D eigenvalue weighted by Crippen LogP contribution is -2.29. The summed E-state index contributed by atoms with van der Waals surface area (Å²) in [7, 11) is 2.12. The molecule has 0 unspecified atom stereocenters. The summed E-state index contributed by atoms with van der Waals surface area (Å²) in [5, 5.41) is 8.21. The van der Waals surface area contributed by atoms with Crippen LogP contribution in [0.15, 0.2) is 4.42 Å². The topological polar surface area (TPSA) is 68.2 Å². The van der Waals surface area contributed by atoms with Crippen molar-refractivity contribution in [2.45, 2.75) is 38.1 Å². The predicted octanol–water partition coefficient (Wildman–Crippen LogP) is 1.12. The van der Waals surface area contributed by atoms with Crippen LogP contribution in [0.3, 0.4) is 0 Å². The van der Waals surface area contributed by atoms with E-state index in [1.807, 2.05) is 0 Å². The number of likely N-dealkylation sites (tertiary alicyclic amines) is 1. The Kier molecular flexibility index (Phi) is 3.90. The summed E-state index contributed by atoms with van der Waals surface area (Å²) >= 11 is 0. The highest BCUT2D eigenvalue weighted by Crippen LogP contribution is 2.28. The largest absolute Gasteiger partial charge is 0.424 e. The lowest BCUT2D eigenvalue weighted by molar-refractivity contribution is 0.157. The van der Waals surface area contributed by atoms with Gasteiger partial charge in [0.1, 0.15) is 0 Å². The maximum Gasteiger partial charge on any atom is 0.233 e. The van der Waals surface area contributed by atoms with E-state index in [-0.39, 0.29) is 0 Å². The molecule has 0 saturated carbocycles. The fourth-order valence-electron chi connectivity index (χ4n) is 2.14. The van der Waals surface area contributed by atoms with Gasteiger partial charge in [-0.3, -0.25) is 4.90 Å².